The second kappa shape index (κ2) is 7.92. The summed E-state index contributed by atoms with van der Waals surface area (Å²) < 4.78 is 0. The molecule has 0 atom stereocenters. The minimum absolute atomic E-state index is 1.14. The van der Waals surface area contributed by atoms with Crippen LogP contribution >= 0.6 is 21.6 Å². The molecule has 2 aliphatic rings. The van der Waals surface area contributed by atoms with Crippen LogP contribution in [0.5, 0.6) is 0 Å². The monoisotopic (exact) mass is 258 g/mol. The Morgan fingerprint density at radius 2 is 1.06 bits per heavy atom. The van der Waals surface area contributed by atoms with Crippen molar-refractivity contribution in [1.29, 1.82) is 0 Å². The molecule has 2 fully saturated rings. The van der Waals surface area contributed by atoms with E-state index in [-0.39, 0.29) is 0 Å². The molecule has 0 saturated heterocycles. The zero-order valence-electron chi connectivity index (χ0n) is 10.5. The van der Waals surface area contributed by atoms with Gasteiger partial charge in [0, 0.05) is 11.5 Å². The van der Waals surface area contributed by atoms with Crippen molar-refractivity contribution in [3.8, 4) is 0 Å². The van der Waals surface area contributed by atoms with E-state index in [2.05, 4.69) is 21.6 Å². The first kappa shape index (κ1) is 13.1. The van der Waals surface area contributed by atoms with Gasteiger partial charge in [0.1, 0.15) is 0 Å². The van der Waals surface area contributed by atoms with Gasteiger partial charge >= 0.3 is 0 Å². The molecule has 0 unspecified atom stereocenters. The second-order valence-corrected chi connectivity index (χ2v) is 8.22. The van der Waals surface area contributed by atoms with Crippen LogP contribution in [0.25, 0.3) is 0 Å². The van der Waals surface area contributed by atoms with E-state index in [9.17, 15) is 0 Å². The molecule has 2 heteroatoms. The lowest BCUT2D eigenvalue weighted by Gasteiger charge is -2.01. The number of hydrogen-bond acceptors (Lipinski definition) is 2. The largest absolute Gasteiger partial charge is 0.0942 e. The van der Waals surface area contributed by atoms with Crippen LogP contribution in [0.2, 0.25) is 0 Å². The highest BCUT2D eigenvalue weighted by Crippen LogP contribution is 2.35. The summed E-state index contributed by atoms with van der Waals surface area (Å²) >= 11 is 0. The Kier molecular flexibility index (Phi) is 6.50. The molecule has 2 aliphatic carbocycles. The molecule has 0 nitrogen and oxygen atoms in total. The first-order valence-electron chi connectivity index (χ1n) is 7.19. The fourth-order valence-corrected chi connectivity index (χ4v) is 4.41. The first-order valence-corrected chi connectivity index (χ1v) is 9.68. The fourth-order valence-electron chi connectivity index (χ4n) is 2.12. The minimum Gasteiger partial charge on any atom is -0.0942 e. The third-order valence-corrected chi connectivity index (χ3v) is 6.23. The van der Waals surface area contributed by atoms with E-state index in [1.165, 1.54) is 75.7 Å². The molecule has 0 spiro atoms. The lowest BCUT2D eigenvalue weighted by molar-refractivity contribution is 0.658. The molecule has 94 valence electrons. The van der Waals surface area contributed by atoms with E-state index < -0.39 is 0 Å². The zero-order chi connectivity index (χ0) is 11.1. The minimum atomic E-state index is 1.14. The van der Waals surface area contributed by atoms with Crippen LogP contribution in [0.3, 0.4) is 0 Å². The molecule has 0 aliphatic heterocycles. The van der Waals surface area contributed by atoms with Gasteiger partial charge in [0.25, 0.3) is 0 Å². The smallest absolute Gasteiger partial charge is 0.00369 e. The van der Waals surface area contributed by atoms with E-state index >= 15 is 0 Å². The molecule has 0 aromatic heterocycles. The van der Waals surface area contributed by atoms with E-state index in [1.54, 1.807) is 0 Å². The van der Waals surface area contributed by atoms with Crippen LogP contribution < -0.4 is 0 Å². The fraction of sp³-hybridized carbons (Fsp3) is 1.00. The summed E-state index contributed by atoms with van der Waals surface area (Å²) in [4.78, 5) is 0. The van der Waals surface area contributed by atoms with Crippen molar-refractivity contribution in [3.63, 3.8) is 0 Å². The normalized spacial score (nSPS) is 20.2. The highest BCUT2D eigenvalue weighted by atomic mass is 33.1. The van der Waals surface area contributed by atoms with Crippen molar-refractivity contribution in [3.05, 3.63) is 0 Å². The average molecular weight is 258 g/mol. The van der Waals surface area contributed by atoms with Crippen LogP contribution in [-0.4, -0.2) is 11.5 Å². The van der Waals surface area contributed by atoms with Crippen LogP contribution in [0, 0.1) is 11.8 Å². The van der Waals surface area contributed by atoms with Crippen LogP contribution in [-0.2, 0) is 0 Å². The van der Waals surface area contributed by atoms with E-state index in [1.807, 2.05) is 0 Å². The van der Waals surface area contributed by atoms with Crippen molar-refractivity contribution in [1.82, 2.24) is 0 Å². The van der Waals surface area contributed by atoms with Gasteiger partial charge in [-0.05, 0) is 24.7 Å². The molecule has 0 radical (unpaired) electrons. The summed E-state index contributed by atoms with van der Waals surface area (Å²) in [5.41, 5.74) is 0. The maximum atomic E-state index is 2.12. The molecule has 0 amide bonds. The van der Waals surface area contributed by atoms with Crippen LogP contribution in [0.1, 0.15) is 64.2 Å². The van der Waals surface area contributed by atoms with Gasteiger partial charge < -0.3 is 0 Å². The molecule has 2 rings (SSSR count). The van der Waals surface area contributed by atoms with Crippen molar-refractivity contribution in [2.24, 2.45) is 11.8 Å². The van der Waals surface area contributed by atoms with Gasteiger partial charge in [-0.25, -0.2) is 0 Å². The van der Waals surface area contributed by atoms with Gasteiger partial charge in [0.2, 0.25) is 0 Å². The highest BCUT2D eigenvalue weighted by Gasteiger charge is 2.20. The van der Waals surface area contributed by atoms with E-state index in [4.69, 9.17) is 0 Å². The molecule has 0 N–H and O–H groups in total. The SMILES string of the molecule is C(CCC1CC1)CSSCCCCC1CC1. The van der Waals surface area contributed by atoms with Gasteiger partial charge in [-0.1, -0.05) is 73.0 Å². The van der Waals surface area contributed by atoms with Crippen molar-refractivity contribution in [2.75, 3.05) is 11.5 Å². The molecule has 0 aromatic rings. The van der Waals surface area contributed by atoms with Crippen molar-refractivity contribution < 1.29 is 0 Å². The molecular formula is C14H26S2. The van der Waals surface area contributed by atoms with Gasteiger partial charge in [-0.3, -0.25) is 0 Å². The van der Waals surface area contributed by atoms with Crippen molar-refractivity contribution in [2.45, 2.75) is 64.2 Å². The Morgan fingerprint density at radius 1 is 0.625 bits per heavy atom. The standard InChI is InChI=1S/C14H26S2/c1(5-13-7-8-13)3-11-15-16-12-4-2-6-14-9-10-14/h13-14H,1-12H2. The molecule has 0 heterocycles. The Balaban J connectivity index is 1.22. The summed E-state index contributed by atoms with van der Waals surface area (Å²) in [5, 5.41) is 0. The number of hydrogen-bond donors (Lipinski definition) is 0. The van der Waals surface area contributed by atoms with E-state index in [0.29, 0.717) is 0 Å². The Morgan fingerprint density at radius 3 is 1.44 bits per heavy atom. The maximum Gasteiger partial charge on any atom is 0.00369 e. The van der Waals surface area contributed by atoms with Gasteiger partial charge in [-0.15, -0.1) is 0 Å². The van der Waals surface area contributed by atoms with E-state index in [0.717, 1.165) is 11.8 Å². The second-order valence-electron chi connectivity index (χ2n) is 5.52. The predicted molar refractivity (Wildman–Crippen MR) is 78.1 cm³/mol. The van der Waals surface area contributed by atoms with Gasteiger partial charge in [-0.2, -0.15) is 0 Å². The zero-order valence-corrected chi connectivity index (χ0v) is 12.1. The third-order valence-electron chi connectivity index (χ3n) is 3.66. The topological polar surface area (TPSA) is 0 Å². The lowest BCUT2D eigenvalue weighted by Crippen LogP contribution is -1.83. The quantitative estimate of drug-likeness (QED) is 0.353. The molecule has 0 bridgehead atoms. The Bertz CT molecular complexity index is 154. The van der Waals surface area contributed by atoms with Gasteiger partial charge in [0.05, 0.1) is 0 Å². The molecule has 16 heavy (non-hydrogen) atoms. The Hall–Kier alpha value is 0.700. The summed E-state index contributed by atoms with van der Waals surface area (Å²) in [6, 6.07) is 0. The lowest BCUT2D eigenvalue weighted by atomic mass is 10.2. The number of unbranched alkanes of at least 4 members (excludes halogenated alkanes) is 2. The maximum absolute atomic E-state index is 2.12. The average Bonchev–Trinajstić information content (AvgIpc) is 3.14. The van der Waals surface area contributed by atoms with Gasteiger partial charge in [0.15, 0.2) is 0 Å². The summed E-state index contributed by atoms with van der Waals surface area (Å²) in [7, 11) is 4.23. The third kappa shape index (κ3) is 7.11. The van der Waals surface area contributed by atoms with Crippen LogP contribution in [0.4, 0.5) is 0 Å². The van der Waals surface area contributed by atoms with Crippen molar-refractivity contribution >= 4 is 21.6 Å². The first-order chi connectivity index (χ1) is 7.95. The summed E-state index contributed by atoms with van der Waals surface area (Å²) in [6.07, 6.45) is 15.0. The Labute approximate surface area is 109 Å². The summed E-state index contributed by atoms with van der Waals surface area (Å²) in [6.45, 7) is 0. The summed E-state index contributed by atoms with van der Waals surface area (Å²) in [5.74, 6) is 5.06. The van der Waals surface area contributed by atoms with Crippen LogP contribution in [0.15, 0.2) is 0 Å². The number of rotatable bonds is 11. The predicted octanol–water partition coefficient (Wildman–Crippen LogP) is 5.53. The molecular weight excluding hydrogens is 232 g/mol. The highest BCUT2D eigenvalue weighted by molar-refractivity contribution is 8.76. The molecule has 2 saturated carbocycles. The molecule has 0 aromatic carbocycles.